The maximum absolute atomic E-state index is 11.8. The molecule has 20 heavy (non-hydrogen) atoms. The summed E-state index contributed by atoms with van der Waals surface area (Å²) in [5.41, 5.74) is 1.27. The average molecular weight is 287 g/mol. The summed E-state index contributed by atoms with van der Waals surface area (Å²) in [6.45, 7) is 0. The topological polar surface area (TPSA) is 50.2 Å². The summed E-state index contributed by atoms with van der Waals surface area (Å²) in [5.74, 6) is -0.0113. The van der Waals surface area contributed by atoms with Crippen LogP contribution in [0.1, 0.15) is 55.0 Å². The maximum Gasteiger partial charge on any atom is 0.314 e. The quantitative estimate of drug-likeness (QED) is 0.925. The molecule has 0 spiro atoms. The van der Waals surface area contributed by atoms with Gasteiger partial charge < -0.3 is 5.11 Å². The van der Waals surface area contributed by atoms with E-state index in [2.05, 4.69) is 6.07 Å². The van der Waals surface area contributed by atoms with E-state index in [1.165, 1.54) is 22.5 Å². The molecule has 0 unspecified atom stereocenters. The van der Waals surface area contributed by atoms with Crippen LogP contribution in [0.25, 0.3) is 10.2 Å². The van der Waals surface area contributed by atoms with Gasteiger partial charge in [0.1, 0.15) is 0 Å². The van der Waals surface area contributed by atoms with Gasteiger partial charge in [0.25, 0.3) is 0 Å². The molecule has 4 rings (SSSR count). The van der Waals surface area contributed by atoms with Crippen LogP contribution >= 0.6 is 11.3 Å². The second-order valence-corrected chi connectivity index (χ2v) is 7.17. The van der Waals surface area contributed by atoms with Gasteiger partial charge in [-0.05, 0) is 43.4 Å². The molecule has 1 aromatic heterocycles. The van der Waals surface area contributed by atoms with Gasteiger partial charge in [-0.1, -0.05) is 18.9 Å². The lowest BCUT2D eigenvalue weighted by Crippen LogP contribution is -2.32. The molecule has 104 valence electrons. The Kier molecular flexibility index (Phi) is 2.64. The van der Waals surface area contributed by atoms with Crippen LogP contribution in [0.4, 0.5) is 0 Å². The van der Waals surface area contributed by atoms with Gasteiger partial charge in [-0.25, -0.2) is 4.98 Å². The smallest absolute Gasteiger partial charge is 0.314 e. The molecule has 2 aromatic rings. The zero-order valence-electron chi connectivity index (χ0n) is 11.3. The van der Waals surface area contributed by atoms with Crippen LogP contribution in [0.5, 0.6) is 0 Å². The highest BCUT2D eigenvalue weighted by molar-refractivity contribution is 7.18. The summed E-state index contributed by atoms with van der Waals surface area (Å²) >= 11 is 1.77. The SMILES string of the molecule is O=C(O)C1(c2ccc3sc(C4CC4)nc3c2)CCCC1. The Morgan fingerprint density at radius 1 is 1.30 bits per heavy atom. The molecule has 1 N–H and O–H groups in total. The predicted molar refractivity (Wildman–Crippen MR) is 79.4 cm³/mol. The van der Waals surface area contributed by atoms with Crippen molar-refractivity contribution in [3.05, 3.63) is 28.8 Å². The molecule has 0 atom stereocenters. The molecule has 0 amide bonds. The van der Waals surface area contributed by atoms with E-state index in [0.29, 0.717) is 5.92 Å². The first-order valence-electron chi connectivity index (χ1n) is 7.33. The highest BCUT2D eigenvalue weighted by atomic mass is 32.1. The molecular weight excluding hydrogens is 270 g/mol. The number of thiazole rings is 1. The van der Waals surface area contributed by atoms with E-state index in [9.17, 15) is 9.90 Å². The molecule has 1 aromatic carbocycles. The fourth-order valence-electron chi connectivity index (χ4n) is 3.35. The van der Waals surface area contributed by atoms with Crippen molar-refractivity contribution in [1.82, 2.24) is 4.98 Å². The van der Waals surface area contributed by atoms with Crippen LogP contribution in [-0.4, -0.2) is 16.1 Å². The normalized spacial score (nSPS) is 21.4. The molecule has 0 radical (unpaired) electrons. The largest absolute Gasteiger partial charge is 0.481 e. The van der Waals surface area contributed by atoms with Gasteiger partial charge in [0, 0.05) is 5.92 Å². The number of nitrogens with zero attached hydrogens (tertiary/aromatic N) is 1. The van der Waals surface area contributed by atoms with E-state index < -0.39 is 11.4 Å². The van der Waals surface area contributed by atoms with Gasteiger partial charge in [-0.3, -0.25) is 4.79 Å². The highest BCUT2D eigenvalue weighted by Gasteiger charge is 2.43. The summed E-state index contributed by atoms with van der Waals surface area (Å²) in [7, 11) is 0. The summed E-state index contributed by atoms with van der Waals surface area (Å²) in [6.07, 6.45) is 6.04. The number of carboxylic acids is 1. The Labute approximate surface area is 121 Å². The van der Waals surface area contributed by atoms with Crippen molar-refractivity contribution in [3.8, 4) is 0 Å². The number of fused-ring (bicyclic) bond motifs is 1. The fraction of sp³-hybridized carbons (Fsp3) is 0.500. The Balaban J connectivity index is 1.81. The number of benzene rings is 1. The number of carboxylic acid groups (broad SMARTS) is 1. The van der Waals surface area contributed by atoms with Crippen LogP contribution < -0.4 is 0 Å². The standard InChI is InChI=1S/C16H17NO2S/c18-15(19)16(7-1-2-8-16)11-5-6-13-12(9-11)17-14(20-13)10-3-4-10/h5-6,9-10H,1-4,7-8H2,(H,18,19). The third-order valence-electron chi connectivity index (χ3n) is 4.75. The first-order valence-corrected chi connectivity index (χ1v) is 8.15. The first-order chi connectivity index (χ1) is 9.69. The number of hydrogen-bond acceptors (Lipinski definition) is 3. The van der Waals surface area contributed by atoms with Crippen molar-refractivity contribution in [3.63, 3.8) is 0 Å². The maximum atomic E-state index is 11.8. The Hall–Kier alpha value is -1.42. The van der Waals surface area contributed by atoms with Crippen LogP contribution in [0.2, 0.25) is 0 Å². The molecule has 2 aliphatic rings. The van der Waals surface area contributed by atoms with Crippen molar-refractivity contribution in [2.24, 2.45) is 0 Å². The van der Waals surface area contributed by atoms with E-state index >= 15 is 0 Å². The van der Waals surface area contributed by atoms with Crippen molar-refractivity contribution in [2.45, 2.75) is 49.9 Å². The van der Waals surface area contributed by atoms with Gasteiger partial charge in [0.15, 0.2) is 0 Å². The zero-order chi connectivity index (χ0) is 13.7. The molecule has 0 aliphatic heterocycles. The Morgan fingerprint density at radius 3 is 2.70 bits per heavy atom. The predicted octanol–water partition coefficient (Wildman–Crippen LogP) is 4.07. The van der Waals surface area contributed by atoms with Crippen molar-refractivity contribution in [2.75, 3.05) is 0 Å². The minimum atomic E-state index is -0.674. The van der Waals surface area contributed by atoms with Gasteiger partial charge in [-0.15, -0.1) is 11.3 Å². The third-order valence-corrected chi connectivity index (χ3v) is 5.95. The first kappa shape index (κ1) is 12.3. The molecule has 4 heteroatoms. The van der Waals surface area contributed by atoms with E-state index in [1.807, 2.05) is 12.1 Å². The van der Waals surface area contributed by atoms with Crippen LogP contribution in [0, 0.1) is 0 Å². The van der Waals surface area contributed by atoms with Crippen LogP contribution in [-0.2, 0) is 10.2 Å². The van der Waals surface area contributed by atoms with E-state index in [0.717, 1.165) is 36.8 Å². The molecular formula is C16H17NO2S. The van der Waals surface area contributed by atoms with Gasteiger partial charge in [-0.2, -0.15) is 0 Å². The number of aliphatic carboxylic acids is 1. The van der Waals surface area contributed by atoms with Crippen LogP contribution in [0.15, 0.2) is 18.2 Å². The number of carbonyl (C=O) groups is 1. The van der Waals surface area contributed by atoms with E-state index in [4.69, 9.17) is 4.98 Å². The average Bonchev–Trinajstić information content (AvgIpc) is 3.02. The molecule has 2 fully saturated rings. The summed E-state index contributed by atoms with van der Waals surface area (Å²) in [6, 6.07) is 6.10. The molecule has 1 heterocycles. The molecule has 2 saturated carbocycles. The molecule has 2 aliphatic carbocycles. The second kappa shape index (κ2) is 4.29. The van der Waals surface area contributed by atoms with Gasteiger partial charge >= 0.3 is 5.97 Å². The van der Waals surface area contributed by atoms with Gasteiger partial charge in [0.05, 0.1) is 20.6 Å². The lowest BCUT2D eigenvalue weighted by molar-refractivity contribution is -0.143. The monoisotopic (exact) mass is 287 g/mol. The Morgan fingerprint density at radius 2 is 2.05 bits per heavy atom. The number of hydrogen-bond donors (Lipinski definition) is 1. The molecule has 0 saturated heterocycles. The zero-order valence-corrected chi connectivity index (χ0v) is 12.1. The lowest BCUT2D eigenvalue weighted by Gasteiger charge is -2.24. The lowest BCUT2D eigenvalue weighted by atomic mass is 9.79. The van der Waals surface area contributed by atoms with Crippen molar-refractivity contribution in [1.29, 1.82) is 0 Å². The third kappa shape index (κ3) is 1.78. The Bertz CT molecular complexity index is 681. The van der Waals surface area contributed by atoms with E-state index in [1.54, 1.807) is 11.3 Å². The minimum Gasteiger partial charge on any atom is -0.481 e. The molecule has 3 nitrogen and oxygen atoms in total. The fourth-order valence-corrected chi connectivity index (χ4v) is 4.47. The van der Waals surface area contributed by atoms with Crippen molar-refractivity contribution < 1.29 is 9.90 Å². The number of aromatic nitrogens is 1. The second-order valence-electron chi connectivity index (χ2n) is 6.10. The van der Waals surface area contributed by atoms with E-state index in [-0.39, 0.29) is 0 Å². The minimum absolute atomic E-state index is 0.663. The summed E-state index contributed by atoms with van der Waals surface area (Å²) < 4.78 is 1.19. The summed E-state index contributed by atoms with van der Waals surface area (Å²) in [4.78, 5) is 16.5. The highest BCUT2D eigenvalue weighted by Crippen LogP contribution is 2.45. The molecule has 0 bridgehead atoms. The van der Waals surface area contributed by atoms with Crippen molar-refractivity contribution >= 4 is 27.5 Å². The number of rotatable bonds is 3. The van der Waals surface area contributed by atoms with Crippen LogP contribution in [0.3, 0.4) is 0 Å². The summed E-state index contributed by atoms with van der Waals surface area (Å²) in [5, 5.41) is 10.9. The van der Waals surface area contributed by atoms with Gasteiger partial charge in [0.2, 0.25) is 0 Å².